The summed E-state index contributed by atoms with van der Waals surface area (Å²) in [6.07, 6.45) is 0. The first-order valence-electron chi connectivity index (χ1n) is 7.08. The number of rotatable bonds is 4. The van der Waals surface area contributed by atoms with Gasteiger partial charge in [0, 0.05) is 26.7 Å². The van der Waals surface area contributed by atoms with Gasteiger partial charge in [0.1, 0.15) is 0 Å². The molecule has 2 aromatic carbocycles. The summed E-state index contributed by atoms with van der Waals surface area (Å²) in [5, 5.41) is 4.63. The summed E-state index contributed by atoms with van der Waals surface area (Å²) in [6, 6.07) is 22.9. The molecule has 0 aliphatic heterocycles. The summed E-state index contributed by atoms with van der Waals surface area (Å²) in [5.41, 5.74) is 3.60. The van der Waals surface area contributed by atoms with E-state index in [2.05, 4.69) is 71.6 Å². The third kappa shape index (κ3) is 2.97. The number of aromatic nitrogens is 2. The third-order valence-corrected chi connectivity index (χ3v) is 3.59. The molecule has 1 heterocycles. The molecule has 21 heavy (non-hydrogen) atoms. The van der Waals surface area contributed by atoms with Crippen molar-refractivity contribution in [1.29, 1.82) is 0 Å². The van der Waals surface area contributed by atoms with E-state index < -0.39 is 0 Å². The molecule has 106 valence electrons. The summed E-state index contributed by atoms with van der Waals surface area (Å²) in [7, 11) is 4.06. The van der Waals surface area contributed by atoms with E-state index in [1.54, 1.807) is 0 Å². The Labute approximate surface area is 125 Å². The van der Waals surface area contributed by atoms with Gasteiger partial charge in [0.2, 0.25) is 0 Å². The lowest BCUT2D eigenvalue weighted by Gasteiger charge is -2.15. The van der Waals surface area contributed by atoms with Crippen LogP contribution >= 0.6 is 0 Å². The molecule has 3 heteroatoms. The monoisotopic (exact) mass is 277 g/mol. The first-order valence-corrected chi connectivity index (χ1v) is 7.08. The Kier molecular flexibility index (Phi) is 3.73. The van der Waals surface area contributed by atoms with E-state index in [4.69, 9.17) is 0 Å². The average molecular weight is 277 g/mol. The Morgan fingerprint density at radius 1 is 0.952 bits per heavy atom. The molecule has 0 atom stereocenters. The van der Waals surface area contributed by atoms with Crippen molar-refractivity contribution in [2.45, 2.75) is 6.54 Å². The van der Waals surface area contributed by atoms with Gasteiger partial charge in [0.05, 0.1) is 5.69 Å². The van der Waals surface area contributed by atoms with E-state index in [1.807, 2.05) is 23.9 Å². The maximum absolute atomic E-state index is 4.63. The number of hydrogen-bond donors (Lipinski definition) is 0. The zero-order valence-electron chi connectivity index (χ0n) is 12.4. The molecule has 0 amide bonds. The zero-order valence-corrected chi connectivity index (χ0v) is 12.4. The van der Waals surface area contributed by atoms with Crippen LogP contribution in [0.15, 0.2) is 66.7 Å². The topological polar surface area (TPSA) is 21.1 Å². The minimum Gasteiger partial charge on any atom is -0.354 e. The van der Waals surface area contributed by atoms with Crippen LogP contribution in [0.1, 0.15) is 5.56 Å². The van der Waals surface area contributed by atoms with E-state index >= 15 is 0 Å². The normalized spacial score (nSPS) is 10.6. The van der Waals surface area contributed by atoms with Gasteiger partial charge in [0.25, 0.3) is 0 Å². The van der Waals surface area contributed by atoms with Crippen molar-refractivity contribution in [1.82, 2.24) is 9.78 Å². The summed E-state index contributed by atoms with van der Waals surface area (Å²) >= 11 is 0. The SMILES string of the molecule is CN(Cc1ccccc1)c1cc(-c2ccccc2)n(C)n1. The van der Waals surface area contributed by atoms with Crippen molar-refractivity contribution in [2.24, 2.45) is 7.05 Å². The van der Waals surface area contributed by atoms with E-state index in [9.17, 15) is 0 Å². The van der Waals surface area contributed by atoms with Crippen LogP contribution in [0.4, 0.5) is 5.82 Å². The van der Waals surface area contributed by atoms with Gasteiger partial charge in [-0.2, -0.15) is 5.10 Å². The van der Waals surface area contributed by atoms with Crippen molar-refractivity contribution < 1.29 is 0 Å². The second kappa shape index (κ2) is 5.83. The minimum atomic E-state index is 0.853. The van der Waals surface area contributed by atoms with Crippen LogP contribution in [-0.4, -0.2) is 16.8 Å². The van der Waals surface area contributed by atoms with Gasteiger partial charge in [-0.25, -0.2) is 0 Å². The molecule has 0 saturated carbocycles. The molecular formula is C18H19N3. The third-order valence-electron chi connectivity index (χ3n) is 3.59. The number of benzene rings is 2. The molecule has 0 N–H and O–H groups in total. The minimum absolute atomic E-state index is 0.853. The van der Waals surface area contributed by atoms with Gasteiger partial charge in [-0.05, 0) is 11.1 Å². The largest absolute Gasteiger partial charge is 0.354 e. The van der Waals surface area contributed by atoms with Crippen LogP contribution in [-0.2, 0) is 13.6 Å². The molecular weight excluding hydrogens is 258 g/mol. The maximum Gasteiger partial charge on any atom is 0.151 e. The van der Waals surface area contributed by atoms with Gasteiger partial charge >= 0.3 is 0 Å². The smallest absolute Gasteiger partial charge is 0.151 e. The molecule has 0 radical (unpaired) electrons. The van der Waals surface area contributed by atoms with Crippen molar-refractivity contribution in [3.05, 3.63) is 72.3 Å². The van der Waals surface area contributed by atoms with Gasteiger partial charge in [-0.1, -0.05) is 60.7 Å². The van der Waals surface area contributed by atoms with E-state index in [0.29, 0.717) is 0 Å². The standard InChI is InChI=1S/C18H19N3/c1-20(14-15-9-5-3-6-10-15)18-13-17(21(2)19-18)16-11-7-4-8-12-16/h3-13H,14H2,1-2H3. The van der Waals surface area contributed by atoms with Gasteiger partial charge in [-0.15, -0.1) is 0 Å². The molecule has 0 bridgehead atoms. The van der Waals surface area contributed by atoms with Gasteiger partial charge < -0.3 is 4.90 Å². The summed E-state index contributed by atoms with van der Waals surface area (Å²) < 4.78 is 1.94. The van der Waals surface area contributed by atoms with Crippen molar-refractivity contribution in [2.75, 3.05) is 11.9 Å². The molecule has 0 aliphatic rings. The number of aryl methyl sites for hydroxylation is 1. The molecule has 3 nitrogen and oxygen atoms in total. The highest BCUT2D eigenvalue weighted by Gasteiger charge is 2.10. The highest BCUT2D eigenvalue weighted by Crippen LogP contribution is 2.23. The molecule has 0 aliphatic carbocycles. The molecule has 0 fully saturated rings. The molecule has 3 rings (SSSR count). The fraction of sp³-hybridized carbons (Fsp3) is 0.167. The predicted molar refractivity (Wildman–Crippen MR) is 87.2 cm³/mol. The van der Waals surface area contributed by atoms with E-state index in [-0.39, 0.29) is 0 Å². The summed E-state index contributed by atoms with van der Waals surface area (Å²) in [4.78, 5) is 2.17. The van der Waals surface area contributed by atoms with Gasteiger partial charge in [-0.3, -0.25) is 4.68 Å². The molecule has 0 saturated heterocycles. The van der Waals surface area contributed by atoms with E-state index in [1.165, 1.54) is 11.1 Å². The fourth-order valence-electron chi connectivity index (χ4n) is 2.46. The Morgan fingerprint density at radius 3 is 2.24 bits per heavy atom. The predicted octanol–water partition coefficient (Wildman–Crippen LogP) is 3.72. The van der Waals surface area contributed by atoms with Gasteiger partial charge in [0.15, 0.2) is 5.82 Å². The maximum atomic E-state index is 4.63. The van der Waals surface area contributed by atoms with Crippen LogP contribution in [0.3, 0.4) is 0 Å². The summed E-state index contributed by atoms with van der Waals surface area (Å²) in [5.74, 6) is 0.986. The van der Waals surface area contributed by atoms with Crippen LogP contribution < -0.4 is 4.90 Å². The fourth-order valence-corrected chi connectivity index (χ4v) is 2.46. The second-order valence-corrected chi connectivity index (χ2v) is 5.22. The quantitative estimate of drug-likeness (QED) is 0.724. The number of hydrogen-bond acceptors (Lipinski definition) is 2. The Bertz CT molecular complexity index is 702. The first-order chi connectivity index (χ1) is 10.2. The highest BCUT2D eigenvalue weighted by molar-refractivity contribution is 5.63. The number of nitrogens with zero attached hydrogens (tertiary/aromatic N) is 3. The van der Waals surface area contributed by atoms with Crippen molar-refractivity contribution in [3.8, 4) is 11.3 Å². The molecule has 0 unspecified atom stereocenters. The van der Waals surface area contributed by atoms with Crippen molar-refractivity contribution in [3.63, 3.8) is 0 Å². The lowest BCUT2D eigenvalue weighted by Crippen LogP contribution is -2.16. The lowest BCUT2D eigenvalue weighted by atomic mass is 10.1. The summed E-state index contributed by atoms with van der Waals surface area (Å²) in [6.45, 7) is 0.853. The van der Waals surface area contributed by atoms with Crippen molar-refractivity contribution >= 4 is 5.82 Å². The van der Waals surface area contributed by atoms with E-state index in [0.717, 1.165) is 18.1 Å². The molecule has 1 aromatic heterocycles. The zero-order chi connectivity index (χ0) is 14.7. The Morgan fingerprint density at radius 2 is 1.57 bits per heavy atom. The van der Waals surface area contributed by atoms with Crippen LogP contribution in [0.2, 0.25) is 0 Å². The molecule has 0 spiro atoms. The van der Waals surface area contributed by atoms with Crippen LogP contribution in [0, 0.1) is 0 Å². The lowest BCUT2D eigenvalue weighted by molar-refractivity contribution is 0.758. The van der Waals surface area contributed by atoms with Crippen LogP contribution in [0.25, 0.3) is 11.3 Å². The second-order valence-electron chi connectivity index (χ2n) is 5.22. The Balaban J connectivity index is 1.84. The number of anilines is 1. The molecule has 3 aromatic rings. The van der Waals surface area contributed by atoms with Crippen LogP contribution in [0.5, 0.6) is 0 Å². The average Bonchev–Trinajstić information content (AvgIpc) is 2.91. The Hall–Kier alpha value is -2.55. The first kappa shape index (κ1) is 13.4. The highest BCUT2D eigenvalue weighted by atomic mass is 15.3.